The van der Waals surface area contributed by atoms with Crippen LogP contribution in [0, 0.1) is 13.8 Å². The Morgan fingerprint density at radius 1 is 1.32 bits per heavy atom. The minimum Gasteiger partial charge on any atom is -0.376 e. The third-order valence-electron chi connectivity index (χ3n) is 3.92. The van der Waals surface area contributed by atoms with Crippen molar-refractivity contribution in [2.75, 3.05) is 30.5 Å². The predicted octanol–water partition coefficient (Wildman–Crippen LogP) is 1.88. The van der Waals surface area contributed by atoms with Crippen LogP contribution in [0.15, 0.2) is 18.2 Å². The Labute approximate surface area is 135 Å². The van der Waals surface area contributed by atoms with E-state index in [0.717, 1.165) is 29.1 Å². The van der Waals surface area contributed by atoms with Crippen LogP contribution in [0.5, 0.6) is 0 Å². The van der Waals surface area contributed by atoms with Gasteiger partial charge in [-0.15, -0.1) is 0 Å². The van der Waals surface area contributed by atoms with Gasteiger partial charge in [-0.3, -0.25) is 9.59 Å². The molecule has 0 aliphatic carbocycles. The van der Waals surface area contributed by atoms with Crippen molar-refractivity contribution in [1.29, 1.82) is 0 Å². The predicted molar refractivity (Wildman–Crippen MR) is 89.2 cm³/mol. The molecule has 0 spiro atoms. The fourth-order valence-electron chi connectivity index (χ4n) is 2.33. The van der Waals surface area contributed by atoms with Crippen molar-refractivity contribution in [2.24, 2.45) is 0 Å². The molecule has 0 aromatic heterocycles. The highest BCUT2D eigenvalue weighted by Crippen LogP contribution is 2.30. The van der Waals surface area contributed by atoms with E-state index in [0.29, 0.717) is 12.2 Å². The summed E-state index contributed by atoms with van der Waals surface area (Å²) in [6.07, 6.45) is 0.882. The Bertz CT molecular complexity index is 569. The number of thioether (sulfide) groups is 1. The fourth-order valence-corrected chi connectivity index (χ4v) is 3.73. The second-order valence-corrected chi connectivity index (χ2v) is 6.75. The zero-order valence-electron chi connectivity index (χ0n) is 13.2. The molecule has 120 valence electrons. The molecule has 6 heteroatoms. The zero-order valence-corrected chi connectivity index (χ0v) is 14.0. The third kappa shape index (κ3) is 4.01. The highest BCUT2D eigenvalue weighted by molar-refractivity contribution is 7.99. The number of carbonyl (C=O) groups excluding carboxylic acids is 2. The maximum atomic E-state index is 12.0. The van der Waals surface area contributed by atoms with Crippen LogP contribution in [-0.4, -0.2) is 42.6 Å². The number of amides is 2. The standard InChI is InChI=1S/C16H22N2O3S/c1-11-4-5-12(2)13(8-11)18-15(20)14(19)17-9-16(21-3)6-7-22-10-16/h4-5,8H,6-7,9-10H2,1-3H3,(H,17,19)(H,18,20). The molecule has 1 unspecified atom stereocenters. The normalized spacial score (nSPS) is 20.7. The van der Waals surface area contributed by atoms with E-state index in [-0.39, 0.29) is 5.60 Å². The first kappa shape index (κ1) is 16.8. The average molecular weight is 322 g/mol. The molecule has 1 saturated heterocycles. The van der Waals surface area contributed by atoms with Crippen LogP contribution < -0.4 is 10.6 Å². The monoisotopic (exact) mass is 322 g/mol. The van der Waals surface area contributed by atoms with Gasteiger partial charge in [-0.25, -0.2) is 0 Å². The Morgan fingerprint density at radius 2 is 2.09 bits per heavy atom. The molecule has 1 aliphatic heterocycles. The lowest BCUT2D eigenvalue weighted by Gasteiger charge is -2.26. The first-order valence-electron chi connectivity index (χ1n) is 7.25. The van der Waals surface area contributed by atoms with Gasteiger partial charge in [-0.1, -0.05) is 12.1 Å². The van der Waals surface area contributed by atoms with Crippen molar-refractivity contribution in [3.05, 3.63) is 29.3 Å². The summed E-state index contributed by atoms with van der Waals surface area (Å²) in [5.74, 6) is 0.570. The van der Waals surface area contributed by atoms with Gasteiger partial charge < -0.3 is 15.4 Å². The molecule has 1 heterocycles. The van der Waals surface area contributed by atoms with Gasteiger partial charge in [-0.2, -0.15) is 11.8 Å². The Morgan fingerprint density at radius 3 is 2.73 bits per heavy atom. The molecule has 0 radical (unpaired) electrons. The Kier molecular flexibility index (Phi) is 5.47. The molecule has 2 rings (SSSR count). The van der Waals surface area contributed by atoms with E-state index in [1.165, 1.54) is 0 Å². The number of hydrogen-bond donors (Lipinski definition) is 2. The summed E-state index contributed by atoms with van der Waals surface area (Å²) < 4.78 is 5.51. The second-order valence-electron chi connectivity index (χ2n) is 5.64. The van der Waals surface area contributed by atoms with E-state index in [9.17, 15) is 9.59 Å². The lowest BCUT2D eigenvalue weighted by molar-refractivity contribution is -0.136. The van der Waals surface area contributed by atoms with Gasteiger partial charge in [0.25, 0.3) is 0 Å². The maximum Gasteiger partial charge on any atom is 0.313 e. The molecule has 2 amide bonds. The topological polar surface area (TPSA) is 67.4 Å². The third-order valence-corrected chi connectivity index (χ3v) is 5.14. The van der Waals surface area contributed by atoms with Gasteiger partial charge in [0.2, 0.25) is 0 Å². The quantitative estimate of drug-likeness (QED) is 0.831. The highest BCUT2D eigenvalue weighted by atomic mass is 32.2. The summed E-state index contributed by atoms with van der Waals surface area (Å²) in [6.45, 7) is 4.19. The molecule has 1 atom stereocenters. The summed E-state index contributed by atoms with van der Waals surface area (Å²) in [5.41, 5.74) is 2.27. The van der Waals surface area contributed by atoms with Crippen molar-refractivity contribution >= 4 is 29.3 Å². The molecule has 22 heavy (non-hydrogen) atoms. The Balaban J connectivity index is 1.92. The van der Waals surface area contributed by atoms with E-state index in [2.05, 4.69) is 10.6 Å². The van der Waals surface area contributed by atoms with Gasteiger partial charge in [-0.05, 0) is 43.2 Å². The number of nitrogens with one attached hydrogen (secondary N) is 2. The molecule has 2 N–H and O–H groups in total. The van der Waals surface area contributed by atoms with Crippen LogP contribution in [0.3, 0.4) is 0 Å². The van der Waals surface area contributed by atoms with Crippen LogP contribution >= 0.6 is 11.8 Å². The van der Waals surface area contributed by atoms with E-state index in [4.69, 9.17) is 4.74 Å². The van der Waals surface area contributed by atoms with Gasteiger partial charge in [0.15, 0.2) is 0 Å². The van der Waals surface area contributed by atoms with Crippen molar-refractivity contribution in [2.45, 2.75) is 25.9 Å². The number of ether oxygens (including phenoxy) is 1. The van der Waals surface area contributed by atoms with Crippen molar-refractivity contribution in [3.63, 3.8) is 0 Å². The summed E-state index contributed by atoms with van der Waals surface area (Å²) in [5, 5.41) is 5.34. The lowest BCUT2D eigenvalue weighted by Crippen LogP contribution is -2.47. The van der Waals surface area contributed by atoms with Crippen LogP contribution in [0.25, 0.3) is 0 Å². The van der Waals surface area contributed by atoms with Crippen molar-refractivity contribution < 1.29 is 14.3 Å². The van der Waals surface area contributed by atoms with E-state index < -0.39 is 11.8 Å². The SMILES string of the molecule is COC1(CNC(=O)C(=O)Nc2cc(C)ccc2C)CCSC1. The molecule has 1 aliphatic rings. The largest absolute Gasteiger partial charge is 0.376 e. The molecule has 0 saturated carbocycles. The maximum absolute atomic E-state index is 12.0. The summed E-state index contributed by atoms with van der Waals surface area (Å²) in [6, 6.07) is 5.73. The molecule has 1 aromatic carbocycles. The summed E-state index contributed by atoms with van der Waals surface area (Å²) >= 11 is 1.79. The van der Waals surface area contributed by atoms with Gasteiger partial charge in [0.1, 0.15) is 0 Å². The first-order chi connectivity index (χ1) is 10.5. The van der Waals surface area contributed by atoms with E-state index in [1.54, 1.807) is 18.9 Å². The van der Waals surface area contributed by atoms with Crippen molar-refractivity contribution in [3.8, 4) is 0 Å². The van der Waals surface area contributed by atoms with Crippen molar-refractivity contribution in [1.82, 2.24) is 5.32 Å². The van der Waals surface area contributed by atoms with Gasteiger partial charge in [0.05, 0.1) is 5.60 Å². The van der Waals surface area contributed by atoms with Crippen LogP contribution in [-0.2, 0) is 14.3 Å². The second kappa shape index (κ2) is 7.15. The van der Waals surface area contributed by atoms with E-state index >= 15 is 0 Å². The molecule has 1 fully saturated rings. The van der Waals surface area contributed by atoms with Crippen LogP contribution in [0.4, 0.5) is 5.69 Å². The number of benzene rings is 1. The molecule has 1 aromatic rings. The fraction of sp³-hybridized carbons (Fsp3) is 0.500. The van der Waals surface area contributed by atoms with Gasteiger partial charge >= 0.3 is 11.8 Å². The molecular formula is C16H22N2O3S. The lowest BCUT2D eigenvalue weighted by atomic mass is 10.0. The highest BCUT2D eigenvalue weighted by Gasteiger charge is 2.35. The zero-order chi connectivity index (χ0) is 16.2. The smallest absolute Gasteiger partial charge is 0.313 e. The number of rotatable bonds is 4. The number of anilines is 1. The first-order valence-corrected chi connectivity index (χ1v) is 8.40. The number of hydrogen-bond acceptors (Lipinski definition) is 4. The van der Waals surface area contributed by atoms with Gasteiger partial charge in [0, 0.05) is 25.1 Å². The summed E-state index contributed by atoms with van der Waals surface area (Å²) in [7, 11) is 1.65. The average Bonchev–Trinajstić information content (AvgIpc) is 2.98. The summed E-state index contributed by atoms with van der Waals surface area (Å²) in [4.78, 5) is 24.0. The number of carbonyl (C=O) groups is 2. The molecule has 5 nitrogen and oxygen atoms in total. The Hall–Kier alpha value is -1.53. The van der Waals surface area contributed by atoms with Crippen LogP contribution in [0.1, 0.15) is 17.5 Å². The number of aryl methyl sites for hydroxylation is 2. The minimum absolute atomic E-state index is 0.347. The molecule has 0 bridgehead atoms. The minimum atomic E-state index is -0.648. The number of methoxy groups -OCH3 is 1. The van der Waals surface area contributed by atoms with Crippen LogP contribution in [0.2, 0.25) is 0 Å². The molecular weight excluding hydrogens is 300 g/mol. The van der Waals surface area contributed by atoms with E-state index in [1.807, 2.05) is 32.0 Å².